The summed E-state index contributed by atoms with van der Waals surface area (Å²) in [4.78, 5) is 22.1. The highest BCUT2D eigenvalue weighted by Gasteiger charge is 2.15. The van der Waals surface area contributed by atoms with E-state index in [1.807, 2.05) is 18.7 Å². The Bertz CT molecular complexity index is 175. The second-order valence-corrected chi connectivity index (χ2v) is 3.67. The normalized spacial score (nSPS) is 15.0. The summed E-state index contributed by atoms with van der Waals surface area (Å²) >= 11 is 0. The number of hydrogen-bond acceptors (Lipinski definition) is 3. The summed E-state index contributed by atoms with van der Waals surface area (Å²) in [7, 11) is 0. The topological polar surface area (TPSA) is 63.4 Å². The number of nitrogens with two attached hydrogens (primary N) is 1. The van der Waals surface area contributed by atoms with Crippen LogP contribution in [0.15, 0.2) is 0 Å². The number of carbonyl (C=O) groups excluding carboxylic acids is 2. The molecule has 82 valence electrons. The molecule has 1 heterocycles. The molecule has 14 heavy (non-hydrogen) atoms. The molecule has 1 amide bonds. The molecular formula is C10H20N2O2. The van der Waals surface area contributed by atoms with Gasteiger partial charge in [-0.25, -0.2) is 0 Å². The molecule has 0 radical (unpaired) electrons. The molecule has 0 aromatic carbocycles. The number of amides is 1. The van der Waals surface area contributed by atoms with Crippen LogP contribution < -0.4 is 5.73 Å². The van der Waals surface area contributed by atoms with Crippen molar-refractivity contribution in [3.05, 3.63) is 0 Å². The number of rotatable bonds is 2. The van der Waals surface area contributed by atoms with Crippen LogP contribution in [0.3, 0.4) is 0 Å². The van der Waals surface area contributed by atoms with Gasteiger partial charge in [0, 0.05) is 19.0 Å². The monoisotopic (exact) mass is 200 g/mol. The predicted molar refractivity (Wildman–Crippen MR) is 55.8 cm³/mol. The Labute approximate surface area is 85.4 Å². The van der Waals surface area contributed by atoms with Crippen LogP contribution >= 0.6 is 0 Å². The van der Waals surface area contributed by atoms with Crippen LogP contribution in [-0.2, 0) is 9.59 Å². The van der Waals surface area contributed by atoms with Crippen molar-refractivity contribution >= 4 is 12.2 Å². The zero-order valence-corrected chi connectivity index (χ0v) is 9.03. The van der Waals surface area contributed by atoms with E-state index >= 15 is 0 Å². The van der Waals surface area contributed by atoms with Crippen molar-refractivity contribution in [3.8, 4) is 0 Å². The SMILES string of the molecule is CC(C)C=O.NCC(=O)N1CCCC1. The van der Waals surface area contributed by atoms with Gasteiger partial charge < -0.3 is 15.4 Å². The molecule has 0 unspecified atom stereocenters. The van der Waals surface area contributed by atoms with Gasteiger partial charge in [0.2, 0.25) is 5.91 Å². The first-order chi connectivity index (χ1) is 6.61. The molecule has 1 saturated heterocycles. The van der Waals surface area contributed by atoms with Crippen molar-refractivity contribution in [2.24, 2.45) is 11.7 Å². The summed E-state index contributed by atoms with van der Waals surface area (Å²) in [5.41, 5.74) is 5.16. The van der Waals surface area contributed by atoms with E-state index in [1.165, 1.54) is 0 Å². The molecule has 4 heteroatoms. The Hall–Kier alpha value is -0.900. The van der Waals surface area contributed by atoms with Crippen LogP contribution in [0, 0.1) is 5.92 Å². The minimum atomic E-state index is 0.0903. The lowest BCUT2D eigenvalue weighted by Gasteiger charge is -2.12. The highest BCUT2D eigenvalue weighted by Crippen LogP contribution is 2.05. The second kappa shape index (κ2) is 7.50. The third-order valence-electron chi connectivity index (χ3n) is 1.91. The van der Waals surface area contributed by atoms with Gasteiger partial charge in [0.25, 0.3) is 0 Å². The van der Waals surface area contributed by atoms with Crippen molar-refractivity contribution in [3.63, 3.8) is 0 Å². The Balaban J connectivity index is 0.000000292. The van der Waals surface area contributed by atoms with E-state index in [4.69, 9.17) is 5.73 Å². The first kappa shape index (κ1) is 13.1. The largest absolute Gasteiger partial charge is 0.342 e. The molecule has 1 fully saturated rings. The highest BCUT2D eigenvalue weighted by molar-refractivity contribution is 5.78. The predicted octanol–water partition coefficient (Wildman–Crippen LogP) is 0.409. The third kappa shape index (κ3) is 5.70. The molecule has 0 aromatic rings. The van der Waals surface area contributed by atoms with E-state index in [2.05, 4.69) is 0 Å². The van der Waals surface area contributed by atoms with Crippen LogP contribution in [0.1, 0.15) is 26.7 Å². The molecule has 1 rings (SSSR count). The lowest BCUT2D eigenvalue weighted by molar-refractivity contribution is -0.128. The van der Waals surface area contributed by atoms with Gasteiger partial charge in [-0.3, -0.25) is 4.79 Å². The molecule has 1 aliphatic heterocycles. The molecule has 1 aliphatic rings. The first-order valence-corrected chi connectivity index (χ1v) is 5.05. The molecule has 2 N–H and O–H groups in total. The van der Waals surface area contributed by atoms with Gasteiger partial charge in [0.1, 0.15) is 6.29 Å². The maximum atomic E-state index is 10.8. The Kier molecular flexibility index (Phi) is 7.02. The maximum Gasteiger partial charge on any atom is 0.236 e. The summed E-state index contributed by atoms with van der Waals surface area (Å²) in [5.74, 6) is 0.294. The van der Waals surface area contributed by atoms with E-state index in [0.29, 0.717) is 0 Å². The lowest BCUT2D eigenvalue weighted by atomic mass is 10.3. The Morgan fingerprint density at radius 3 is 2.14 bits per heavy atom. The third-order valence-corrected chi connectivity index (χ3v) is 1.91. The first-order valence-electron chi connectivity index (χ1n) is 5.05. The maximum absolute atomic E-state index is 10.8. The summed E-state index contributed by atoms with van der Waals surface area (Å²) in [5, 5.41) is 0. The number of likely N-dealkylation sites (tertiary alicyclic amines) is 1. The number of aldehydes is 1. The molecule has 4 nitrogen and oxygen atoms in total. The average Bonchev–Trinajstić information content (AvgIpc) is 2.70. The molecule has 0 aromatic heterocycles. The zero-order valence-electron chi connectivity index (χ0n) is 9.03. The summed E-state index contributed by atoms with van der Waals surface area (Å²) in [6.45, 7) is 5.70. The number of nitrogens with zero attached hydrogens (tertiary/aromatic N) is 1. The van der Waals surface area contributed by atoms with E-state index < -0.39 is 0 Å². The van der Waals surface area contributed by atoms with Gasteiger partial charge in [-0.2, -0.15) is 0 Å². The molecule has 0 aliphatic carbocycles. The van der Waals surface area contributed by atoms with Crippen molar-refractivity contribution in [2.45, 2.75) is 26.7 Å². The van der Waals surface area contributed by atoms with Gasteiger partial charge in [0.05, 0.1) is 6.54 Å². The van der Waals surface area contributed by atoms with Gasteiger partial charge >= 0.3 is 0 Å². The summed E-state index contributed by atoms with van der Waals surface area (Å²) in [6, 6.07) is 0. The van der Waals surface area contributed by atoms with Crippen LogP contribution in [-0.4, -0.2) is 36.7 Å². The fourth-order valence-corrected chi connectivity index (χ4v) is 1.10. The molecule has 0 atom stereocenters. The minimum Gasteiger partial charge on any atom is -0.342 e. The zero-order chi connectivity index (χ0) is 11.0. The Morgan fingerprint density at radius 2 is 1.86 bits per heavy atom. The summed E-state index contributed by atoms with van der Waals surface area (Å²) in [6.07, 6.45) is 3.21. The van der Waals surface area contributed by atoms with Gasteiger partial charge in [-0.15, -0.1) is 0 Å². The van der Waals surface area contributed by atoms with E-state index in [0.717, 1.165) is 32.2 Å². The second-order valence-electron chi connectivity index (χ2n) is 3.67. The van der Waals surface area contributed by atoms with Crippen LogP contribution in [0.5, 0.6) is 0 Å². The van der Waals surface area contributed by atoms with Crippen molar-refractivity contribution in [1.29, 1.82) is 0 Å². The molecule has 0 bridgehead atoms. The van der Waals surface area contributed by atoms with E-state index in [-0.39, 0.29) is 18.4 Å². The van der Waals surface area contributed by atoms with Crippen molar-refractivity contribution < 1.29 is 9.59 Å². The molecule has 0 saturated carbocycles. The average molecular weight is 200 g/mol. The minimum absolute atomic E-state index is 0.0903. The molecular weight excluding hydrogens is 180 g/mol. The quantitative estimate of drug-likeness (QED) is 0.657. The van der Waals surface area contributed by atoms with E-state index in [9.17, 15) is 9.59 Å². The molecule has 0 spiro atoms. The van der Waals surface area contributed by atoms with Crippen LogP contribution in [0.25, 0.3) is 0 Å². The van der Waals surface area contributed by atoms with Gasteiger partial charge in [-0.1, -0.05) is 13.8 Å². The van der Waals surface area contributed by atoms with E-state index in [1.54, 1.807) is 0 Å². The van der Waals surface area contributed by atoms with Crippen molar-refractivity contribution in [1.82, 2.24) is 4.90 Å². The smallest absolute Gasteiger partial charge is 0.236 e. The number of carbonyl (C=O) groups is 2. The van der Waals surface area contributed by atoms with Crippen molar-refractivity contribution in [2.75, 3.05) is 19.6 Å². The lowest BCUT2D eigenvalue weighted by Crippen LogP contribution is -2.33. The summed E-state index contributed by atoms with van der Waals surface area (Å²) < 4.78 is 0. The fraction of sp³-hybridized carbons (Fsp3) is 0.800. The number of hydrogen-bond donors (Lipinski definition) is 1. The fourth-order valence-electron chi connectivity index (χ4n) is 1.10. The van der Waals surface area contributed by atoms with Crippen LogP contribution in [0.4, 0.5) is 0 Å². The van der Waals surface area contributed by atoms with Gasteiger partial charge in [0.15, 0.2) is 0 Å². The Morgan fingerprint density at radius 1 is 1.43 bits per heavy atom. The highest BCUT2D eigenvalue weighted by atomic mass is 16.2. The van der Waals surface area contributed by atoms with Gasteiger partial charge in [-0.05, 0) is 12.8 Å². The van der Waals surface area contributed by atoms with Crippen LogP contribution in [0.2, 0.25) is 0 Å². The standard InChI is InChI=1S/C6H12N2O.C4H8O/c7-5-6(9)8-3-1-2-4-8;1-4(2)3-5/h1-5,7H2;3-4H,1-2H3.